The number of hydrogen-bond donors (Lipinski definition) is 0. The molecule has 0 N–H and O–H groups in total. The largest absolute Gasteiger partial charge is 0.382 e. The van der Waals surface area contributed by atoms with Crippen molar-refractivity contribution < 1.29 is 13.6 Å². The van der Waals surface area contributed by atoms with Gasteiger partial charge in [-0.05, 0) is 12.1 Å². The van der Waals surface area contributed by atoms with Crippen LogP contribution in [0.5, 0.6) is 0 Å². The fourth-order valence-electron chi connectivity index (χ4n) is 1.25. The van der Waals surface area contributed by atoms with E-state index in [2.05, 4.69) is 0 Å². The number of halogens is 2. The molecule has 1 aromatic rings. The van der Waals surface area contributed by atoms with Crippen molar-refractivity contribution in [1.29, 1.82) is 5.26 Å². The summed E-state index contributed by atoms with van der Waals surface area (Å²) >= 11 is 0. The van der Waals surface area contributed by atoms with Gasteiger partial charge in [-0.15, -0.1) is 0 Å². The molecule has 0 heterocycles. The van der Waals surface area contributed by atoms with Crippen molar-refractivity contribution in [3.63, 3.8) is 0 Å². The number of ketones is 1. The van der Waals surface area contributed by atoms with Crippen molar-refractivity contribution >= 4 is 5.78 Å². The third-order valence-corrected chi connectivity index (χ3v) is 1.94. The van der Waals surface area contributed by atoms with Crippen LogP contribution in [0, 0.1) is 23.0 Å². The summed E-state index contributed by atoms with van der Waals surface area (Å²) in [5.41, 5.74) is -1.03. The second-order valence-corrected chi connectivity index (χ2v) is 3.54. The molecule has 0 atom stereocenters. The minimum Gasteiger partial charge on any atom is -0.382 e. The third kappa shape index (κ3) is 2.88. The number of hydrogen-bond acceptors (Lipinski definition) is 3. The van der Waals surface area contributed by atoms with Crippen LogP contribution in [0.4, 0.5) is 8.78 Å². The van der Waals surface area contributed by atoms with Gasteiger partial charge in [0.15, 0.2) is 0 Å². The molecule has 3 nitrogen and oxygen atoms in total. The Labute approximate surface area is 97.6 Å². The van der Waals surface area contributed by atoms with E-state index in [4.69, 9.17) is 5.26 Å². The summed E-state index contributed by atoms with van der Waals surface area (Å²) in [5.74, 6) is -2.92. The highest BCUT2D eigenvalue weighted by Gasteiger charge is 2.20. The highest BCUT2D eigenvalue weighted by atomic mass is 19.1. The fourth-order valence-corrected chi connectivity index (χ4v) is 1.25. The predicted octanol–water partition coefficient (Wildman–Crippen LogP) is 2.12. The van der Waals surface area contributed by atoms with Crippen molar-refractivity contribution in [2.45, 2.75) is 0 Å². The van der Waals surface area contributed by atoms with Crippen LogP contribution in [-0.4, -0.2) is 24.8 Å². The maximum Gasteiger partial charge on any atom is 0.210 e. The Balaban J connectivity index is 3.26. The zero-order chi connectivity index (χ0) is 13.0. The molecule has 0 spiro atoms. The molecule has 0 radical (unpaired) electrons. The van der Waals surface area contributed by atoms with Gasteiger partial charge in [0.1, 0.15) is 23.3 Å². The highest BCUT2D eigenvalue weighted by Crippen LogP contribution is 2.16. The smallest absolute Gasteiger partial charge is 0.210 e. The second-order valence-electron chi connectivity index (χ2n) is 3.54. The first kappa shape index (κ1) is 12.8. The first-order valence-corrected chi connectivity index (χ1v) is 4.74. The molecule has 0 amide bonds. The van der Waals surface area contributed by atoms with Crippen LogP contribution in [0.1, 0.15) is 10.4 Å². The van der Waals surface area contributed by atoms with Crippen LogP contribution in [0.15, 0.2) is 30.0 Å². The van der Waals surface area contributed by atoms with Crippen LogP contribution in [0.25, 0.3) is 0 Å². The number of carbonyl (C=O) groups excluding carboxylic acids is 1. The Morgan fingerprint density at radius 3 is 2.29 bits per heavy atom. The van der Waals surface area contributed by atoms with E-state index in [1.807, 2.05) is 0 Å². The van der Waals surface area contributed by atoms with Gasteiger partial charge in [-0.2, -0.15) is 5.26 Å². The summed E-state index contributed by atoms with van der Waals surface area (Å²) < 4.78 is 26.6. The van der Waals surface area contributed by atoms with E-state index in [-0.39, 0.29) is 5.57 Å². The SMILES string of the molecule is CN(C)/C=C(\C#N)C(=O)c1c(F)cccc1F. The zero-order valence-electron chi connectivity index (χ0n) is 9.37. The Bertz CT molecular complexity index is 495. The van der Waals surface area contributed by atoms with E-state index in [9.17, 15) is 13.6 Å². The van der Waals surface area contributed by atoms with E-state index < -0.39 is 23.0 Å². The number of allylic oxidation sites excluding steroid dienone is 1. The van der Waals surface area contributed by atoms with Gasteiger partial charge in [-0.3, -0.25) is 4.79 Å². The number of carbonyl (C=O) groups is 1. The zero-order valence-corrected chi connectivity index (χ0v) is 9.37. The van der Waals surface area contributed by atoms with Gasteiger partial charge in [0, 0.05) is 20.3 Å². The normalized spacial score (nSPS) is 10.9. The summed E-state index contributed by atoms with van der Waals surface area (Å²) in [4.78, 5) is 13.2. The van der Waals surface area contributed by atoms with Gasteiger partial charge in [-0.1, -0.05) is 6.07 Å². The number of nitriles is 1. The number of nitrogens with zero attached hydrogens (tertiary/aromatic N) is 2. The lowest BCUT2D eigenvalue weighted by Gasteiger charge is -2.07. The number of benzene rings is 1. The number of rotatable bonds is 3. The molecule has 0 saturated carbocycles. The lowest BCUT2D eigenvalue weighted by Crippen LogP contribution is -2.12. The summed E-state index contributed by atoms with van der Waals surface area (Å²) in [6, 6.07) is 4.72. The summed E-state index contributed by atoms with van der Waals surface area (Å²) in [6.07, 6.45) is 1.22. The third-order valence-electron chi connectivity index (χ3n) is 1.94. The molecule has 0 aliphatic heterocycles. The van der Waals surface area contributed by atoms with Crippen molar-refractivity contribution in [2.75, 3.05) is 14.1 Å². The monoisotopic (exact) mass is 236 g/mol. The van der Waals surface area contributed by atoms with Gasteiger partial charge in [0.25, 0.3) is 0 Å². The van der Waals surface area contributed by atoms with Gasteiger partial charge < -0.3 is 4.90 Å². The van der Waals surface area contributed by atoms with Gasteiger partial charge in [-0.25, -0.2) is 8.78 Å². The molecule has 0 aliphatic rings. The van der Waals surface area contributed by atoms with Crippen LogP contribution in [-0.2, 0) is 0 Å². The minimum atomic E-state index is -0.977. The maximum absolute atomic E-state index is 13.3. The van der Waals surface area contributed by atoms with Gasteiger partial charge in [0.05, 0.1) is 5.56 Å². The Morgan fingerprint density at radius 2 is 1.88 bits per heavy atom. The Kier molecular flexibility index (Phi) is 3.94. The molecular formula is C12H10F2N2O. The number of Topliss-reactive ketones (excluding diaryl/α,β-unsaturated/α-hetero) is 1. The first-order chi connectivity index (χ1) is 7.97. The summed E-state index contributed by atoms with van der Waals surface area (Å²) in [7, 11) is 3.20. The topological polar surface area (TPSA) is 44.1 Å². The van der Waals surface area contributed by atoms with E-state index >= 15 is 0 Å². The van der Waals surface area contributed by atoms with Gasteiger partial charge in [0.2, 0.25) is 5.78 Å². The quantitative estimate of drug-likeness (QED) is 0.458. The highest BCUT2D eigenvalue weighted by molar-refractivity contribution is 6.11. The lowest BCUT2D eigenvalue weighted by atomic mass is 10.0. The van der Waals surface area contributed by atoms with Crippen molar-refractivity contribution in [2.24, 2.45) is 0 Å². The molecule has 1 rings (SSSR count). The van der Waals surface area contributed by atoms with E-state index in [0.717, 1.165) is 18.2 Å². The predicted molar refractivity (Wildman–Crippen MR) is 58.1 cm³/mol. The van der Waals surface area contributed by atoms with Crippen molar-refractivity contribution in [3.8, 4) is 6.07 Å². The lowest BCUT2D eigenvalue weighted by molar-refractivity contribution is 0.103. The van der Waals surface area contributed by atoms with Crippen molar-refractivity contribution in [1.82, 2.24) is 4.90 Å². The Morgan fingerprint density at radius 1 is 1.35 bits per heavy atom. The molecule has 0 fully saturated rings. The maximum atomic E-state index is 13.3. The molecule has 0 aliphatic carbocycles. The molecule has 0 aromatic heterocycles. The van der Waals surface area contributed by atoms with E-state index in [0.29, 0.717) is 0 Å². The molecule has 88 valence electrons. The van der Waals surface area contributed by atoms with Crippen LogP contribution >= 0.6 is 0 Å². The molecule has 0 unspecified atom stereocenters. The van der Waals surface area contributed by atoms with E-state index in [1.54, 1.807) is 20.2 Å². The summed E-state index contributed by atoms with van der Waals surface area (Å²) in [6.45, 7) is 0. The molecular weight excluding hydrogens is 226 g/mol. The van der Waals surface area contributed by atoms with Crippen LogP contribution in [0.2, 0.25) is 0 Å². The second kappa shape index (κ2) is 5.21. The standard InChI is InChI=1S/C12H10F2N2O/c1-16(2)7-8(6-15)12(17)11-9(13)4-3-5-10(11)14/h3-5,7H,1-2H3/b8-7+. The van der Waals surface area contributed by atoms with Crippen molar-refractivity contribution in [3.05, 3.63) is 47.2 Å². The van der Waals surface area contributed by atoms with E-state index in [1.165, 1.54) is 11.1 Å². The van der Waals surface area contributed by atoms with Gasteiger partial charge >= 0.3 is 0 Å². The molecule has 0 bridgehead atoms. The minimum absolute atomic E-state index is 0.320. The van der Waals surface area contributed by atoms with Crippen LogP contribution in [0.3, 0.4) is 0 Å². The summed E-state index contributed by atoms with van der Waals surface area (Å²) in [5, 5.41) is 8.78. The molecule has 17 heavy (non-hydrogen) atoms. The molecule has 0 saturated heterocycles. The molecule has 5 heteroatoms. The average Bonchev–Trinajstić information content (AvgIpc) is 2.25. The molecule has 1 aromatic carbocycles. The first-order valence-electron chi connectivity index (χ1n) is 4.74. The Hall–Kier alpha value is -2.22. The fraction of sp³-hybridized carbons (Fsp3) is 0.167. The average molecular weight is 236 g/mol. The van der Waals surface area contributed by atoms with Crippen LogP contribution < -0.4 is 0 Å².